The molecule has 32 heavy (non-hydrogen) atoms. The van der Waals surface area contributed by atoms with E-state index in [9.17, 15) is 8.42 Å². The van der Waals surface area contributed by atoms with Crippen molar-refractivity contribution in [1.29, 1.82) is 0 Å². The molecule has 2 heterocycles. The number of piperazine rings is 1. The standard InChI is InChI=1S/C22H24ClN3O4S2/c1-29-18-8-7-16(20(14-18)30-2)13-17-15-31-22(24-17)25-9-11-26(12-10-25)32(27,28)21-6-4-3-5-19(21)23/h3-8,14-15H,9-13H2,1-2H3. The number of thiazole rings is 1. The van der Waals surface area contributed by atoms with E-state index in [1.165, 1.54) is 4.31 Å². The molecule has 0 spiro atoms. The average molecular weight is 494 g/mol. The molecule has 0 N–H and O–H groups in total. The summed E-state index contributed by atoms with van der Waals surface area (Å²) < 4.78 is 38.1. The summed E-state index contributed by atoms with van der Waals surface area (Å²) in [6, 6.07) is 12.3. The predicted molar refractivity (Wildman–Crippen MR) is 127 cm³/mol. The van der Waals surface area contributed by atoms with Crippen LogP contribution in [0.15, 0.2) is 52.7 Å². The Balaban J connectivity index is 1.42. The van der Waals surface area contributed by atoms with Gasteiger partial charge < -0.3 is 14.4 Å². The van der Waals surface area contributed by atoms with Crippen molar-refractivity contribution in [2.45, 2.75) is 11.3 Å². The van der Waals surface area contributed by atoms with Crippen LogP contribution >= 0.6 is 22.9 Å². The molecule has 0 atom stereocenters. The predicted octanol–water partition coefficient (Wildman–Crippen LogP) is 3.92. The first-order chi connectivity index (χ1) is 15.4. The Morgan fingerprint density at radius 3 is 2.50 bits per heavy atom. The first-order valence-electron chi connectivity index (χ1n) is 10.1. The summed E-state index contributed by atoms with van der Waals surface area (Å²) in [5.41, 5.74) is 1.97. The Labute approximate surface area is 197 Å². The second-order valence-electron chi connectivity index (χ2n) is 7.30. The smallest absolute Gasteiger partial charge is 0.244 e. The van der Waals surface area contributed by atoms with E-state index >= 15 is 0 Å². The summed E-state index contributed by atoms with van der Waals surface area (Å²) in [7, 11) is -0.348. The third kappa shape index (κ3) is 4.71. The lowest BCUT2D eigenvalue weighted by Crippen LogP contribution is -2.48. The quantitative estimate of drug-likeness (QED) is 0.497. The highest BCUT2D eigenvalue weighted by Gasteiger charge is 2.30. The fraction of sp³-hybridized carbons (Fsp3) is 0.318. The minimum Gasteiger partial charge on any atom is -0.497 e. The van der Waals surface area contributed by atoms with Crippen LogP contribution in [0, 0.1) is 0 Å². The van der Waals surface area contributed by atoms with Crippen molar-refractivity contribution in [2.24, 2.45) is 0 Å². The first-order valence-corrected chi connectivity index (χ1v) is 12.8. The topological polar surface area (TPSA) is 72.0 Å². The van der Waals surface area contributed by atoms with Crippen molar-refractivity contribution in [3.63, 3.8) is 0 Å². The van der Waals surface area contributed by atoms with E-state index in [-0.39, 0.29) is 9.92 Å². The van der Waals surface area contributed by atoms with Gasteiger partial charge in [-0.25, -0.2) is 13.4 Å². The number of aromatic nitrogens is 1. The molecule has 170 valence electrons. The van der Waals surface area contributed by atoms with Gasteiger partial charge in [-0.1, -0.05) is 29.8 Å². The van der Waals surface area contributed by atoms with Gasteiger partial charge in [0, 0.05) is 49.6 Å². The molecule has 1 fully saturated rings. The van der Waals surface area contributed by atoms with Gasteiger partial charge in [0.15, 0.2) is 5.13 Å². The highest BCUT2D eigenvalue weighted by Crippen LogP contribution is 2.30. The zero-order valence-corrected chi connectivity index (χ0v) is 20.2. The van der Waals surface area contributed by atoms with E-state index in [2.05, 4.69) is 4.90 Å². The highest BCUT2D eigenvalue weighted by atomic mass is 35.5. The lowest BCUT2D eigenvalue weighted by Gasteiger charge is -2.33. The Bertz CT molecular complexity index is 1190. The first kappa shape index (κ1) is 22.8. The molecule has 1 aromatic heterocycles. The van der Waals surface area contributed by atoms with Gasteiger partial charge in [0.2, 0.25) is 10.0 Å². The molecule has 0 amide bonds. The number of ether oxygens (including phenoxy) is 2. The Morgan fingerprint density at radius 2 is 1.81 bits per heavy atom. The van der Waals surface area contributed by atoms with Crippen LogP contribution in [0.2, 0.25) is 5.02 Å². The van der Waals surface area contributed by atoms with Gasteiger partial charge in [0.05, 0.1) is 24.9 Å². The summed E-state index contributed by atoms with van der Waals surface area (Å²) in [6.45, 7) is 1.91. The van der Waals surface area contributed by atoms with Gasteiger partial charge in [-0.2, -0.15) is 4.31 Å². The second kappa shape index (κ2) is 9.66. The van der Waals surface area contributed by atoms with Crippen molar-refractivity contribution in [2.75, 3.05) is 45.3 Å². The van der Waals surface area contributed by atoms with Crippen LogP contribution in [-0.4, -0.2) is 58.1 Å². The van der Waals surface area contributed by atoms with Crippen LogP contribution in [0.1, 0.15) is 11.3 Å². The maximum atomic E-state index is 13.0. The number of benzene rings is 2. The largest absolute Gasteiger partial charge is 0.497 e. The minimum atomic E-state index is -3.61. The van der Waals surface area contributed by atoms with Crippen LogP contribution in [0.3, 0.4) is 0 Å². The maximum absolute atomic E-state index is 13.0. The molecule has 0 unspecified atom stereocenters. The summed E-state index contributed by atoms with van der Waals surface area (Å²) >= 11 is 7.68. The maximum Gasteiger partial charge on any atom is 0.244 e. The SMILES string of the molecule is COc1ccc(Cc2csc(N3CCN(S(=O)(=O)c4ccccc4Cl)CC3)n2)c(OC)c1. The van der Waals surface area contributed by atoms with Crippen molar-refractivity contribution >= 4 is 38.1 Å². The minimum absolute atomic E-state index is 0.153. The average Bonchev–Trinajstić information content (AvgIpc) is 3.28. The number of hydrogen-bond acceptors (Lipinski definition) is 7. The van der Waals surface area contributed by atoms with Crippen molar-refractivity contribution < 1.29 is 17.9 Å². The van der Waals surface area contributed by atoms with E-state index in [0.29, 0.717) is 32.6 Å². The lowest BCUT2D eigenvalue weighted by atomic mass is 10.1. The van der Waals surface area contributed by atoms with E-state index < -0.39 is 10.0 Å². The fourth-order valence-electron chi connectivity index (χ4n) is 3.63. The molecule has 0 aliphatic carbocycles. The van der Waals surface area contributed by atoms with Crippen molar-refractivity contribution in [1.82, 2.24) is 9.29 Å². The Morgan fingerprint density at radius 1 is 1.06 bits per heavy atom. The number of methoxy groups -OCH3 is 2. The number of sulfonamides is 1. The third-order valence-corrected chi connectivity index (χ3v) is 8.72. The number of anilines is 1. The molecule has 1 saturated heterocycles. The molecule has 0 saturated carbocycles. The fourth-order valence-corrected chi connectivity index (χ4v) is 6.42. The van der Waals surface area contributed by atoms with Gasteiger partial charge in [-0.05, 0) is 18.2 Å². The van der Waals surface area contributed by atoms with Gasteiger partial charge in [0.25, 0.3) is 0 Å². The molecule has 1 aliphatic rings. The zero-order chi connectivity index (χ0) is 22.7. The second-order valence-corrected chi connectivity index (χ2v) is 10.4. The number of rotatable bonds is 7. The summed E-state index contributed by atoms with van der Waals surface area (Å²) in [6.07, 6.45) is 0.643. The van der Waals surface area contributed by atoms with Crippen molar-refractivity contribution in [3.8, 4) is 11.5 Å². The summed E-state index contributed by atoms with van der Waals surface area (Å²) in [5.74, 6) is 1.51. The molecule has 0 bridgehead atoms. The Kier molecular flexibility index (Phi) is 6.90. The van der Waals surface area contributed by atoms with Gasteiger partial charge >= 0.3 is 0 Å². The molecule has 0 radical (unpaired) electrons. The summed E-state index contributed by atoms with van der Waals surface area (Å²) in [5, 5.41) is 3.17. The molecule has 7 nitrogen and oxygen atoms in total. The number of hydrogen-bond donors (Lipinski definition) is 0. The highest BCUT2D eigenvalue weighted by molar-refractivity contribution is 7.89. The van der Waals surface area contributed by atoms with Gasteiger partial charge in [-0.15, -0.1) is 11.3 Å². The molecular weight excluding hydrogens is 470 g/mol. The molecule has 3 aromatic rings. The van der Waals surface area contributed by atoms with Crippen LogP contribution in [0.4, 0.5) is 5.13 Å². The van der Waals surface area contributed by atoms with Crippen LogP contribution in [0.5, 0.6) is 11.5 Å². The molecule has 10 heteroatoms. The van der Waals surface area contributed by atoms with Crippen LogP contribution in [0.25, 0.3) is 0 Å². The van der Waals surface area contributed by atoms with Crippen molar-refractivity contribution in [3.05, 3.63) is 64.1 Å². The molecule has 4 rings (SSSR count). The summed E-state index contributed by atoms with van der Waals surface area (Å²) in [4.78, 5) is 7.05. The van der Waals surface area contributed by atoms with Gasteiger partial charge in [0.1, 0.15) is 16.4 Å². The zero-order valence-electron chi connectivity index (χ0n) is 17.8. The molecule has 2 aromatic carbocycles. The van der Waals surface area contributed by atoms with Gasteiger partial charge in [-0.3, -0.25) is 0 Å². The molecular formula is C22H24ClN3O4S2. The number of nitrogens with zero attached hydrogens (tertiary/aromatic N) is 3. The number of halogens is 1. The van der Waals surface area contributed by atoms with E-state index in [1.54, 1.807) is 49.8 Å². The van der Waals surface area contributed by atoms with E-state index in [4.69, 9.17) is 26.1 Å². The molecule has 1 aliphatic heterocycles. The monoisotopic (exact) mass is 493 g/mol. The van der Waals surface area contributed by atoms with E-state index in [0.717, 1.165) is 27.9 Å². The van der Waals surface area contributed by atoms with E-state index in [1.807, 2.05) is 23.6 Å². The van der Waals surface area contributed by atoms with Crippen LogP contribution < -0.4 is 14.4 Å². The lowest BCUT2D eigenvalue weighted by molar-refractivity contribution is 0.384. The normalized spacial score (nSPS) is 15.0. The third-order valence-electron chi connectivity index (χ3n) is 5.37. The van der Waals surface area contributed by atoms with Crippen LogP contribution in [-0.2, 0) is 16.4 Å². The Hall–Kier alpha value is -2.33.